The smallest absolute Gasteiger partial charge is 0.294 e. The molecule has 2 aromatic rings. The average Bonchev–Trinajstić information content (AvgIpc) is 2.98. The van der Waals surface area contributed by atoms with Crippen LogP contribution in [-0.2, 0) is 9.59 Å². The third-order valence-electron chi connectivity index (χ3n) is 4.80. The lowest BCUT2D eigenvalue weighted by atomic mass is 10.1. The molecule has 0 unspecified atom stereocenters. The van der Waals surface area contributed by atoms with Gasteiger partial charge in [-0.15, -0.1) is 0 Å². The highest BCUT2D eigenvalue weighted by Crippen LogP contribution is 2.37. The van der Waals surface area contributed by atoms with Crippen molar-refractivity contribution in [2.24, 2.45) is 0 Å². The molecule has 168 valence electrons. The van der Waals surface area contributed by atoms with Crippen molar-refractivity contribution >= 4 is 63.2 Å². The molecule has 0 atom stereocenters. The standard InChI is InChI=1S/C23H23IN2O5S/c1-5-31-18-10-15(9-17(24)21(18)30-4)11-19-22(28)26(23(29)32-19)12-20(27)25-16-7-6-13(2)14(3)8-16/h6-11H,5,12H2,1-4H3,(H,25,27)/b19-11+. The van der Waals surface area contributed by atoms with Crippen LogP contribution in [0.15, 0.2) is 35.2 Å². The summed E-state index contributed by atoms with van der Waals surface area (Å²) in [6, 6.07) is 9.13. The van der Waals surface area contributed by atoms with Crippen molar-refractivity contribution < 1.29 is 23.9 Å². The first-order valence-corrected chi connectivity index (χ1v) is 11.8. The number of rotatable bonds is 7. The van der Waals surface area contributed by atoms with E-state index in [0.29, 0.717) is 29.4 Å². The van der Waals surface area contributed by atoms with Gasteiger partial charge in [-0.3, -0.25) is 19.3 Å². The van der Waals surface area contributed by atoms with E-state index in [-0.39, 0.29) is 11.4 Å². The number of ether oxygens (including phenoxy) is 2. The van der Waals surface area contributed by atoms with E-state index in [0.717, 1.165) is 31.4 Å². The van der Waals surface area contributed by atoms with Crippen LogP contribution in [0.5, 0.6) is 11.5 Å². The molecule has 1 aliphatic heterocycles. The van der Waals surface area contributed by atoms with Crippen LogP contribution in [-0.4, -0.2) is 42.2 Å². The second-order valence-corrected chi connectivity index (χ2v) is 9.24. The molecule has 0 aromatic heterocycles. The van der Waals surface area contributed by atoms with E-state index in [4.69, 9.17) is 9.47 Å². The zero-order valence-corrected chi connectivity index (χ0v) is 21.1. The van der Waals surface area contributed by atoms with Crippen LogP contribution in [0.4, 0.5) is 10.5 Å². The summed E-state index contributed by atoms with van der Waals surface area (Å²) in [6.07, 6.45) is 1.62. The van der Waals surface area contributed by atoms with E-state index in [1.54, 1.807) is 25.3 Å². The minimum Gasteiger partial charge on any atom is -0.492 e. The number of amides is 3. The van der Waals surface area contributed by atoms with E-state index in [1.807, 2.05) is 39.0 Å². The van der Waals surface area contributed by atoms with Crippen LogP contribution >= 0.6 is 34.4 Å². The van der Waals surface area contributed by atoms with E-state index >= 15 is 0 Å². The van der Waals surface area contributed by atoms with Crippen LogP contribution in [0, 0.1) is 17.4 Å². The van der Waals surface area contributed by atoms with Gasteiger partial charge >= 0.3 is 0 Å². The van der Waals surface area contributed by atoms with Gasteiger partial charge in [0.1, 0.15) is 6.54 Å². The Kier molecular flexibility index (Phi) is 7.83. The lowest BCUT2D eigenvalue weighted by Crippen LogP contribution is -2.36. The van der Waals surface area contributed by atoms with Crippen molar-refractivity contribution in [3.63, 3.8) is 0 Å². The van der Waals surface area contributed by atoms with Gasteiger partial charge in [0.2, 0.25) is 5.91 Å². The second-order valence-electron chi connectivity index (χ2n) is 7.08. The highest BCUT2D eigenvalue weighted by molar-refractivity contribution is 14.1. The number of thioether (sulfide) groups is 1. The van der Waals surface area contributed by atoms with Crippen molar-refractivity contribution in [2.75, 3.05) is 25.6 Å². The molecule has 0 bridgehead atoms. The Bertz CT molecular complexity index is 1120. The Morgan fingerprint density at radius 2 is 1.94 bits per heavy atom. The fourth-order valence-electron chi connectivity index (χ4n) is 3.08. The van der Waals surface area contributed by atoms with Gasteiger partial charge in [0.05, 0.1) is 22.2 Å². The summed E-state index contributed by atoms with van der Waals surface area (Å²) in [5.74, 6) is 0.231. The second kappa shape index (κ2) is 10.4. The van der Waals surface area contributed by atoms with E-state index in [2.05, 4.69) is 27.9 Å². The van der Waals surface area contributed by atoms with Gasteiger partial charge in [-0.2, -0.15) is 0 Å². The number of carbonyl (C=O) groups excluding carboxylic acids is 3. The first-order valence-electron chi connectivity index (χ1n) is 9.86. The fourth-order valence-corrected chi connectivity index (χ4v) is 4.77. The van der Waals surface area contributed by atoms with Crippen molar-refractivity contribution in [3.05, 3.63) is 55.5 Å². The average molecular weight is 566 g/mol. The molecule has 32 heavy (non-hydrogen) atoms. The summed E-state index contributed by atoms with van der Waals surface area (Å²) in [4.78, 5) is 38.8. The molecular formula is C23H23IN2O5S. The molecule has 2 aromatic carbocycles. The SMILES string of the molecule is CCOc1cc(/C=C2/SC(=O)N(CC(=O)Nc3ccc(C)c(C)c3)C2=O)cc(I)c1OC. The number of hydrogen-bond acceptors (Lipinski definition) is 6. The number of methoxy groups -OCH3 is 1. The first kappa shape index (κ1) is 24.1. The molecular weight excluding hydrogens is 543 g/mol. The van der Waals surface area contributed by atoms with Gasteiger partial charge in [-0.1, -0.05) is 6.07 Å². The predicted molar refractivity (Wildman–Crippen MR) is 134 cm³/mol. The quantitative estimate of drug-likeness (QED) is 0.376. The summed E-state index contributed by atoms with van der Waals surface area (Å²) < 4.78 is 11.8. The van der Waals surface area contributed by atoms with Gasteiger partial charge in [0.25, 0.3) is 11.1 Å². The summed E-state index contributed by atoms with van der Waals surface area (Å²) in [5.41, 5.74) is 3.47. The number of carbonyl (C=O) groups is 3. The molecule has 1 N–H and O–H groups in total. The van der Waals surface area contributed by atoms with Crippen LogP contribution in [0.3, 0.4) is 0 Å². The lowest BCUT2D eigenvalue weighted by Gasteiger charge is -2.13. The van der Waals surface area contributed by atoms with Gasteiger partial charge in [0.15, 0.2) is 11.5 Å². The normalized spacial score (nSPS) is 14.8. The van der Waals surface area contributed by atoms with Crippen molar-refractivity contribution in [3.8, 4) is 11.5 Å². The number of nitrogens with zero attached hydrogens (tertiary/aromatic N) is 1. The Labute approximate surface area is 204 Å². The topological polar surface area (TPSA) is 84.9 Å². The monoisotopic (exact) mass is 566 g/mol. The maximum absolute atomic E-state index is 12.8. The molecule has 1 saturated heterocycles. The van der Waals surface area contributed by atoms with Gasteiger partial charge in [-0.05, 0) is 102 Å². The molecule has 9 heteroatoms. The maximum atomic E-state index is 12.8. The highest BCUT2D eigenvalue weighted by atomic mass is 127. The fraction of sp³-hybridized carbons (Fsp3) is 0.261. The third kappa shape index (κ3) is 5.44. The summed E-state index contributed by atoms with van der Waals surface area (Å²) in [7, 11) is 1.56. The van der Waals surface area contributed by atoms with E-state index in [9.17, 15) is 14.4 Å². The predicted octanol–water partition coefficient (Wildman–Crippen LogP) is 4.99. The largest absolute Gasteiger partial charge is 0.492 e. The Morgan fingerprint density at radius 3 is 2.59 bits per heavy atom. The minimum absolute atomic E-state index is 0.248. The number of aryl methyl sites for hydroxylation is 2. The minimum atomic E-state index is -0.501. The molecule has 1 aliphatic rings. The van der Waals surface area contributed by atoms with Gasteiger partial charge in [0, 0.05) is 5.69 Å². The zero-order chi connectivity index (χ0) is 23.4. The highest BCUT2D eigenvalue weighted by Gasteiger charge is 2.36. The molecule has 1 heterocycles. The third-order valence-corrected chi connectivity index (χ3v) is 6.51. The summed E-state index contributed by atoms with van der Waals surface area (Å²) in [6.45, 7) is 5.91. The molecule has 3 rings (SSSR count). The maximum Gasteiger partial charge on any atom is 0.294 e. The Balaban J connectivity index is 1.76. The number of nitrogens with one attached hydrogen (secondary N) is 1. The van der Waals surface area contributed by atoms with Crippen LogP contribution in [0.1, 0.15) is 23.6 Å². The number of benzene rings is 2. The molecule has 0 aliphatic carbocycles. The Morgan fingerprint density at radius 1 is 1.19 bits per heavy atom. The molecule has 0 spiro atoms. The van der Waals surface area contributed by atoms with Gasteiger partial charge in [-0.25, -0.2) is 0 Å². The number of halogens is 1. The van der Waals surface area contributed by atoms with Crippen LogP contribution in [0.2, 0.25) is 0 Å². The van der Waals surface area contributed by atoms with Crippen molar-refractivity contribution in [2.45, 2.75) is 20.8 Å². The van der Waals surface area contributed by atoms with E-state index in [1.165, 1.54) is 0 Å². The molecule has 3 amide bonds. The van der Waals surface area contributed by atoms with Gasteiger partial charge < -0.3 is 14.8 Å². The van der Waals surface area contributed by atoms with Crippen LogP contribution in [0.25, 0.3) is 6.08 Å². The number of hydrogen-bond donors (Lipinski definition) is 1. The lowest BCUT2D eigenvalue weighted by molar-refractivity contribution is -0.127. The zero-order valence-electron chi connectivity index (χ0n) is 18.2. The first-order chi connectivity index (χ1) is 15.2. The number of anilines is 1. The van der Waals surface area contributed by atoms with Crippen molar-refractivity contribution in [1.29, 1.82) is 0 Å². The van der Waals surface area contributed by atoms with Crippen molar-refractivity contribution in [1.82, 2.24) is 4.90 Å². The summed E-state index contributed by atoms with van der Waals surface area (Å²) >= 11 is 2.93. The Hall–Kier alpha value is -2.53. The molecule has 7 nitrogen and oxygen atoms in total. The van der Waals surface area contributed by atoms with Crippen LogP contribution < -0.4 is 14.8 Å². The van der Waals surface area contributed by atoms with E-state index < -0.39 is 17.1 Å². The summed E-state index contributed by atoms with van der Waals surface area (Å²) in [5, 5.41) is 2.26. The number of imide groups is 1. The molecule has 0 radical (unpaired) electrons. The molecule has 1 fully saturated rings. The molecule has 0 saturated carbocycles.